The van der Waals surface area contributed by atoms with Gasteiger partial charge >= 0.3 is 6.03 Å². The Balaban J connectivity index is 2.30. The molecule has 3 amide bonds. The second-order valence-corrected chi connectivity index (χ2v) is 7.47. The number of amides is 3. The number of pyridine rings is 1. The van der Waals surface area contributed by atoms with E-state index in [1.54, 1.807) is 0 Å². The SMILES string of the molecule is CC(C)(C)C1c2c(C(N)=O)c(-c3ccc(F)nc3F)nn2CCN1C(N)=O. The van der Waals surface area contributed by atoms with E-state index in [0.29, 0.717) is 5.69 Å². The zero-order valence-corrected chi connectivity index (χ0v) is 15.2. The number of carbonyl (C=O) groups excluding carboxylic acids is 2. The lowest BCUT2D eigenvalue weighted by molar-refractivity contribution is 0.0899. The smallest absolute Gasteiger partial charge is 0.315 e. The first-order valence-electron chi connectivity index (χ1n) is 8.31. The Kier molecular flexibility index (Phi) is 4.37. The fraction of sp³-hybridized carbons (Fsp3) is 0.412. The molecule has 0 fully saturated rings. The maximum absolute atomic E-state index is 14.2. The fourth-order valence-electron chi connectivity index (χ4n) is 3.54. The molecule has 1 aliphatic heterocycles. The van der Waals surface area contributed by atoms with Crippen LogP contribution in [0.25, 0.3) is 11.3 Å². The zero-order valence-electron chi connectivity index (χ0n) is 15.2. The van der Waals surface area contributed by atoms with Crippen molar-refractivity contribution in [1.29, 1.82) is 0 Å². The van der Waals surface area contributed by atoms with E-state index in [1.165, 1.54) is 9.58 Å². The summed E-state index contributed by atoms with van der Waals surface area (Å²) in [6, 6.07) is 0.868. The number of urea groups is 1. The number of halogens is 2. The predicted octanol–water partition coefficient (Wildman–Crippen LogP) is 1.80. The molecule has 0 spiro atoms. The number of nitrogens with two attached hydrogens (primary N) is 2. The molecule has 4 N–H and O–H groups in total. The van der Waals surface area contributed by atoms with Gasteiger partial charge in [0.25, 0.3) is 5.91 Å². The van der Waals surface area contributed by atoms with Crippen LogP contribution in [0.4, 0.5) is 13.6 Å². The van der Waals surface area contributed by atoms with Crippen LogP contribution in [0.1, 0.15) is 42.9 Å². The number of aromatic nitrogens is 3. The molecule has 10 heteroatoms. The van der Waals surface area contributed by atoms with Gasteiger partial charge in [0.1, 0.15) is 5.69 Å². The average molecular weight is 378 g/mol. The van der Waals surface area contributed by atoms with Crippen molar-refractivity contribution in [2.45, 2.75) is 33.4 Å². The summed E-state index contributed by atoms with van der Waals surface area (Å²) < 4.78 is 28.9. The zero-order chi connectivity index (χ0) is 20.1. The van der Waals surface area contributed by atoms with Gasteiger partial charge < -0.3 is 16.4 Å². The average Bonchev–Trinajstić information content (AvgIpc) is 2.91. The van der Waals surface area contributed by atoms with Crippen molar-refractivity contribution in [3.63, 3.8) is 0 Å². The van der Waals surface area contributed by atoms with Crippen LogP contribution in [0.15, 0.2) is 12.1 Å². The molecule has 1 atom stereocenters. The second kappa shape index (κ2) is 6.29. The molecule has 1 aliphatic rings. The highest BCUT2D eigenvalue weighted by molar-refractivity contribution is 6.00. The normalized spacial score (nSPS) is 16.9. The van der Waals surface area contributed by atoms with E-state index < -0.39 is 35.3 Å². The van der Waals surface area contributed by atoms with Gasteiger partial charge in [-0.15, -0.1) is 0 Å². The Morgan fingerprint density at radius 1 is 1.19 bits per heavy atom. The number of hydrogen-bond donors (Lipinski definition) is 2. The summed E-state index contributed by atoms with van der Waals surface area (Å²) in [4.78, 5) is 28.8. The van der Waals surface area contributed by atoms with Crippen LogP contribution < -0.4 is 11.5 Å². The summed E-state index contributed by atoms with van der Waals surface area (Å²) in [6.07, 6.45) is 0. The molecule has 144 valence electrons. The molecule has 0 saturated heterocycles. The Bertz CT molecular complexity index is 934. The standard InChI is InChI=1S/C17H20F2N6O2/c1-17(2,3)13-12-10(15(20)26)11(8-4-5-9(18)22-14(8)19)23-25(12)7-6-24(13)16(21)27/h4-5,13H,6-7H2,1-3H3,(H2,20,26)(H2,21,27). The molecule has 0 bridgehead atoms. The van der Waals surface area contributed by atoms with Gasteiger partial charge in [-0.3, -0.25) is 9.48 Å². The van der Waals surface area contributed by atoms with Gasteiger partial charge in [-0.25, -0.2) is 4.79 Å². The molecule has 2 aromatic rings. The minimum Gasteiger partial charge on any atom is -0.365 e. The fourth-order valence-corrected chi connectivity index (χ4v) is 3.54. The minimum atomic E-state index is -1.10. The number of nitrogens with zero attached hydrogens (tertiary/aromatic N) is 4. The lowest BCUT2D eigenvalue weighted by Gasteiger charge is -2.42. The summed E-state index contributed by atoms with van der Waals surface area (Å²) in [6.45, 7) is 6.15. The van der Waals surface area contributed by atoms with Crippen LogP contribution in [0.5, 0.6) is 0 Å². The molecular formula is C17H20F2N6O2. The quantitative estimate of drug-likeness (QED) is 0.774. The van der Waals surface area contributed by atoms with Crippen LogP contribution in [-0.4, -0.2) is 38.1 Å². The molecule has 27 heavy (non-hydrogen) atoms. The third kappa shape index (κ3) is 3.11. The Morgan fingerprint density at radius 2 is 1.85 bits per heavy atom. The van der Waals surface area contributed by atoms with Crippen molar-refractivity contribution >= 4 is 11.9 Å². The number of fused-ring (bicyclic) bond motifs is 1. The van der Waals surface area contributed by atoms with E-state index in [2.05, 4.69) is 10.1 Å². The van der Waals surface area contributed by atoms with Crippen LogP contribution in [0.2, 0.25) is 0 Å². The first kappa shape index (κ1) is 18.7. The van der Waals surface area contributed by atoms with E-state index in [0.717, 1.165) is 12.1 Å². The highest BCUT2D eigenvalue weighted by Gasteiger charge is 2.43. The van der Waals surface area contributed by atoms with Crippen molar-refractivity contribution in [2.75, 3.05) is 6.54 Å². The third-order valence-electron chi connectivity index (χ3n) is 4.53. The summed E-state index contributed by atoms with van der Waals surface area (Å²) in [7, 11) is 0. The molecule has 2 aromatic heterocycles. The van der Waals surface area contributed by atoms with Crippen LogP contribution in [-0.2, 0) is 6.54 Å². The minimum absolute atomic E-state index is 0.0341. The van der Waals surface area contributed by atoms with Crippen LogP contribution in [0.3, 0.4) is 0 Å². The number of rotatable bonds is 2. The maximum Gasteiger partial charge on any atom is 0.315 e. The van der Waals surface area contributed by atoms with Crippen molar-refractivity contribution in [2.24, 2.45) is 16.9 Å². The van der Waals surface area contributed by atoms with E-state index >= 15 is 0 Å². The summed E-state index contributed by atoms with van der Waals surface area (Å²) >= 11 is 0. The topological polar surface area (TPSA) is 120 Å². The van der Waals surface area contributed by atoms with Gasteiger partial charge in [0.15, 0.2) is 0 Å². The Hall–Kier alpha value is -3.04. The molecule has 3 heterocycles. The molecule has 0 aliphatic carbocycles. The largest absolute Gasteiger partial charge is 0.365 e. The highest BCUT2D eigenvalue weighted by Crippen LogP contribution is 2.43. The van der Waals surface area contributed by atoms with Crippen LogP contribution in [0, 0.1) is 17.3 Å². The molecular weight excluding hydrogens is 358 g/mol. The number of carbonyl (C=O) groups is 2. The lowest BCUT2D eigenvalue weighted by atomic mass is 9.81. The molecule has 0 saturated carbocycles. The number of primary amides is 2. The van der Waals surface area contributed by atoms with Crippen molar-refractivity contribution in [1.82, 2.24) is 19.7 Å². The molecule has 0 radical (unpaired) electrons. The van der Waals surface area contributed by atoms with Gasteiger partial charge in [0.2, 0.25) is 11.9 Å². The third-order valence-corrected chi connectivity index (χ3v) is 4.53. The predicted molar refractivity (Wildman–Crippen MR) is 92.4 cm³/mol. The van der Waals surface area contributed by atoms with E-state index in [9.17, 15) is 18.4 Å². The van der Waals surface area contributed by atoms with E-state index in [1.807, 2.05) is 20.8 Å². The highest BCUT2D eigenvalue weighted by atomic mass is 19.1. The number of hydrogen-bond acceptors (Lipinski definition) is 4. The van der Waals surface area contributed by atoms with Gasteiger partial charge in [-0.2, -0.15) is 18.9 Å². The lowest BCUT2D eigenvalue weighted by Crippen LogP contribution is -2.49. The van der Waals surface area contributed by atoms with E-state index in [4.69, 9.17) is 11.5 Å². The summed E-state index contributed by atoms with van der Waals surface area (Å²) in [5, 5.41) is 4.32. The Labute approximate surface area is 154 Å². The van der Waals surface area contributed by atoms with Crippen molar-refractivity contribution in [3.8, 4) is 11.3 Å². The van der Waals surface area contributed by atoms with Crippen molar-refractivity contribution < 1.29 is 18.4 Å². The van der Waals surface area contributed by atoms with Gasteiger partial charge in [-0.1, -0.05) is 20.8 Å². The first-order chi connectivity index (χ1) is 12.5. The molecule has 1 unspecified atom stereocenters. The van der Waals surface area contributed by atoms with Gasteiger partial charge in [-0.05, 0) is 17.5 Å². The van der Waals surface area contributed by atoms with Crippen molar-refractivity contribution in [3.05, 3.63) is 35.3 Å². The molecule has 0 aromatic carbocycles. The summed E-state index contributed by atoms with van der Waals surface area (Å²) in [5.41, 5.74) is 10.7. The molecule has 3 rings (SSSR count). The maximum atomic E-state index is 14.2. The van der Waals surface area contributed by atoms with E-state index in [-0.39, 0.29) is 29.9 Å². The first-order valence-corrected chi connectivity index (χ1v) is 8.31. The molecule has 8 nitrogen and oxygen atoms in total. The second-order valence-electron chi connectivity index (χ2n) is 7.47. The Morgan fingerprint density at radius 3 is 2.37 bits per heavy atom. The summed E-state index contributed by atoms with van der Waals surface area (Å²) in [5.74, 6) is -2.93. The van der Waals surface area contributed by atoms with Gasteiger partial charge in [0.05, 0.1) is 29.4 Å². The van der Waals surface area contributed by atoms with Gasteiger partial charge in [0, 0.05) is 6.54 Å². The monoisotopic (exact) mass is 378 g/mol. The van der Waals surface area contributed by atoms with Crippen LogP contribution >= 0.6 is 0 Å².